The largest absolute Gasteiger partial charge is 0.394 e. The molecule has 2 rings (SSSR count). The van der Waals surface area contributed by atoms with Gasteiger partial charge in [0, 0.05) is 16.1 Å². The number of nitrogens with one attached hydrogen (secondary N) is 1. The van der Waals surface area contributed by atoms with Crippen LogP contribution in [0, 0.1) is 5.82 Å². The second-order valence-corrected chi connectivity index (χ2v) is 4.76. The first kappa shape index (κ1) is 11.0. The number of hydrogen-bond donors (Lipinski definition) is 2. The fourth-order valence-corrected chi connectivity index (χ4v) is 1.94. The molecule has 0 aromatic heterocycles. The molecule has 0 saturated heterocycles. The maximum Gasteiger partial charge on any atom is 0.128 e. The molecule has 0 heterocycles. The molecule has 1 unspecified atom stereocenters. The highest BCUT2D eigenvalue weighted by molar-refractivity contribution is 9.10. The van der Waals surface area contributed by atoms with Gasteiger partial charge in [0.1, 0.15) is 5.82 Å². The molecule has 1 atom stereocenters. The van der Waals surface area contributed by atoms with Crippen LogP contribution in [0.25, 0.3) is 0 Å². The number of rotatable bonds is 4. The van der Waals surface area contributed by atoms with Crippen molar-refractivity contribution in [2.45, 2.75) is 24.9 Å². The predicted molar refractivity (Wildman–Crippen MR) is 60.1 cm³/mol. The van der Waals surface area contributed by atoms with Crippen LogP contribution in [0.15, 0.2) is 22.7 Å². The molecule has 0 amide bonds. The Morgan fingerprint density at radius 3 is 2.87 bits per heavy atom. The molecular weight excluding hydrogens is 261 g/mol. The molecule has 2 N–H and O–H groups in total. The van der Waals surface area contributed by atoms with Gasteiger partial charge in [-0.3, -0.25) is 0 Å². The second kappa shape index (κ2) is 4.60. The molecule has 1 saturated carbocycles. The Hall–Kier alpha value is -0.450. The number of halogens is 2. The molecule has 0 aliphatic heterocycles. The van der Waals surface area contributed by atoms with Crippen molar-refractivity contribution in [2.24, 2.45) is 0 Å². The van der Waals surface area contributed by atoms with Gasteiger partial charge >= 0.3 is 0 Å². The van der Waals surface area contributed by atoms with Crippen LogP contribution in [0.5, 0.6) is 0 Å². The van der Waals surface area contributed by atoms with E-state index in [1.165, 1.54) is 6.07 Å². The summed E-state index contributed by atoms with van der Waals surface area (Å²) in [6, 6.07) is 4.93. The lowest BCUT2D eigenvalue weighted by molar-refractivity contribution is 0.240. The molecule has 0 bridgehead atoms. The van der Waals surface area contributed by atoms with Crippen LogP contribution >= 0.6 is 15.9 Å². The van der Waals surface area contributed by atoms with Crippen LogP contribution in [-0.2, 0) is 0 Å². The summed E-state index contributed by atoms with van der Waals surface area (Å²) in [5, 5.41) is 12.4. The van der Waals surface area contributed by atoms with Gasteiger partial charge in [-0.25, -0.2) is 4.39 Å². The molecule has 1 aliphatic rings. The molecule has 1 aromatic rings. The average molecular weight is 274 g/mol. The lowest BCUT2D eigenvalue weighted by atomic mass is 10.1. The molecular formula is C11H13BrFNO. The van der Waals surface area contributed by atoms with Crippen LogP contribution in [-0.4, -0.2) is 17.8 Å². The van der Waals surface area contributed by atoms with Crippen molar-refractivity contribution in [2.75, 3.05) is 6.61 Å². The summed E-state index contributed by atoms with van der Waals surface area (Å²) in [5.74, 6) is -0.273. The van der Waals surface area contributed by atoms with Crippen molar-refractivity contribution in [1.29, 1.82) is 0 Å². The van der Waals surface area contributed by atoms with Crippen molar-refractivity contribution < 1.29 is 9.50 Å². The van der Waals surface area contributed by atoms with Gasteiger partial charge in [-0.2, -0.15) is 0 Å². The minimum absolute atomic E-state index is 0.0795. The predicted octanol–water partition coefficient (Wildman–Crippen LogP) is 2.37. The lowest BCUT2D eigenvalue weighted by Crippen LogP contribution is -2.27. The summed E-state index contributed by atoms with van der Waals surface area (Å²) < 4.78 is 14.3. The first-order valence-corrected chi connectivity index (χ1v) is 5.82. The van der Waals surface area contributed by atoms with Crippen LogP contribution in [0.3, 0.4) is 0 Å². The minimum Gasteiger partial charge on any atom is -0.394 e. The van der Waals surface area contributed by atoms with Crippen molar-refractivity contribution in [3.8, 4) is 0 Å². The molecule has 82 valence electrons. The van der Waals surface area contributed by atoms with E-state index in [4.69, 9.17) is 0 Å². The Morgan fingerprint density at radius 2 is 2.27 bits per heavy atom. The molecule has 0 radical (unpaired) electrons. The standard InChI is InChI=1S/C11H13BrFNO/c12-7-1-4-10(13)9(5-7)11(6-15)14-8-2-3-8/h1,4-5,8,11,14-15H,2-3,6H2. The third-order valence-corrected chi connectivity index (χ3v) is 3.02. The molecule has 4 heteroatoms. The summed E-state index contributed by atoms with van der Waals surface area (Å²) >= 11 is 3.30. The van der Waals surface area contributed by atoms with Gasteiger partial charge < -0.3 is 10.4 Å². The van der Waals surface area contributed by atoms with E-state index in [0.29, 0.717) is 11.6 Å². The van der Waals surface area contributed by atoms with Crippen LogP contribution < -0.4 is 5.32 Å². The maximum atomic E-state index is 13.5. The molecule has 15 heavy (non-hydrogen) atoms. The minimum atomic E-state index is -0.296. The van der Waals surface area contributed by atoms with Crippen molar-refractivity contribution in [3.05, 3.63) is 34.1 Å². The Labute approximate surface area is 96.6 Å². The van der Waals surface area contributed by atoms with E-state index < -0.39 is 0 Å². The van der Waals surface area contributed by atoms with Gasteiger partial charge in [-0.15, -0.1) is 0 Å². The number of benzene rings is 1. The summed E-state index contributed by atoms with van der Waals surface area (Å²) in [5.41, 5.74) is 0.527. The third-order valence-electron chi connectivity index (χ3n) is 2.53. The third kappa shape index (κ3) is 2.77. The summed E-state index contributed by atoms with van der Waals surface area (Å²) in [4.78, 5) is 0. The van der Waals surface area contributed by atoms with Gasteiger partial charge in [0.2, 0.25) is 0 Å². The first-order valence-electron chi connectivity index (χ1n) is 5.02. The topological polar surface area (TPSA) is 32.3 Å². The molecule has 2 nitrogen and oxygen atoms in total. The monoisotopic (exact) mass is 273 g/mol. The highest BCUT2D eigenvalue weighted by Crippen LogP contribution is 2.26. The SMILES string of the molecule is OCC(NC1CC1)c1cc(Br)ccc1F. The van der Waals surface area contributed by atoms with Crippen molar-refractivity contribution >= 4 is 15.9 Å². The van der Waals surface area contributed by atoms with Gasteiger partial charge in [0.05, 0.1) is 12.6 Å². The van der Waals surface area contributed by atoms with Crippen LogP contribution in [0.4, 0.5) is 4.39 Å². The van der Waals surface area contributed by atoms with E-state index in [1.807, 2.05) is 0 Å². The van der Waals surface area contributed by atoms with Crippen molar-refractivity contribution in [3.63, 3.8) is 0 Å². The first-order chi connectivity index (χ1) is 7.20. The average Bonchev–Trinajstić information content (AvgIpc) is 3.02. The van der Waals surface area contributed by atoms with Crippen molar-refractivity contribution in [1.82, 2.24) is 5.32 Å². The summed E-state index contributed by atoms with van der Waals surface area (Å²) in [6.07, 6.45) is 2.23. The number of hydrogen-bond acceptors (Lipinski definition) is 2. The Balaban J connectivity index is 2.19. The zero-order valence-electron chi connectivity index (χ0n) is 8.21. The Kier molecular flexibility index (Phi) is 3.38. The lowest BCUT2D eigenvalue weighted by Gasteiger charge is -2.17. The molecule has 1 fully saturated rings. The molecule has 0 spiro atoms. The number of aliphatic hydroxyl groups excluding tert-OH is 1. The Morgan fingerprint density at radius 1 is 1.53 bits per heavy atom. The van der Waals surface area contributed by atoms with E-state index in [2.05, 4.69) is 21.2 Å². The van der Waals surface area contributed by atoms with E-state index in [9.17, 15) is 9.50 Å². The quantitative estimate of drug-likeness (QED) is 0.883. The summed E-state index contributed by atoms with van der Waals surface area (Å²) in [6.45, 7) is -0.0795. The van der Waals surface area contributed by atoms with E-state index in [0.717, 1.165) is 17.3 Å². The van der Waals surface area contributed by atoms with E-state index >= 15 is 0 Å². The van der Waals surface area contributed by atoms with Gasteiger partial charge in [-0.1, -0.05) is 15.9 Å². The zero-order valence-corrected chi connectivity index (χ0v) is 9.80. The molecule has 1 aromatic carbocycles. The maximum absolute atomic E-state index is 13.5. The fourth-order valence-electron chi connectivity index (χ4n) is 1.56. The second-order valence-electron chi connectivity index (χ2n) is 3.84. The summed E-state index contributed by atoms with van der Waals surface area (Å²) in [7, 11) is 0. The van der Waals surface area contributed by atoms with Crippen LogP contribution in [0.2, 0.25) is 0 Å². The fraction of sp³-hybridized carbons (Fsp3) is 0.455. The van der Waals surface area contributed by atoms with E-state index in [-0.39, 0.29) is 18.5 Å². The van der Waals surface area contributed by atoms with Gasteiger partial charge in [0.15, 0.2) is 0 Å². The van der Waals surface area contributed by atoms with Crippen LogP contribution in [0.1, 0.15) is 24.4 Å². The number of aliphatic hydroxyl groups is 1. The van der Waals surface area contributed by atoms with Gasteiger partial charge in [-0.05, 0) is 31.0 Å². The molecule has 1 aliphatic carbocycles. The zero-order chi connectivity index (χ0) is 10.8. The van der Waals surface area contributed by atoms with E-state index in [1.54, 1.807) is 12.1 Å². The smallest absolute Gasteiger partial charge is 0.128 e. The normalized spacial score (nSPS) is 17.8. The highest BCUT2D eigenvalue weighted by atomic mass is 79.9. The highest BCUT2D eigenvalue weighted by Gasteiger charge is 2.26. The van der Waals surface area contributed by atoms with Gasteiger partial charge in [0.25, 0.3) is 0 Å². The Bertz CT molecular complexity index is 354.